The van der Waals surface area contributed by atoms with Crippen molar-refractivity contribution in [1.82, 2.24) is 4.90 Å². The van der Waals surface area contributed by atoms with Crippen LogP contribution in [0.5, 0.6) is 0 Å². The van der Waals surface area contributed by atoms with E-state index in [0.717, 1.165) is 0 Å². The van der Waals surface area contributed by atoms with E-state index in [-0.39, 0.29) is 29.8 Å². The molecule has 1 amide bonds. The Labute approximate surface area is 112 Å². The van der Waals surface area contributed by atoms with Crippen LogP contribution >= 0.6 is 0 Å². The molecule has 1 aliphatic heterocycles. The Morgan fingerprint density at radius 2 is 1.79 bits per heavy atom. The molecule has 1 heterocycles. The molecule has 19 heavy (non-hydrogen) atoms. The molecule has 6 heteroatoms. The summed E-state index contributed by atoms with van der Waals surface area (Å²) in [6.07, 6.45) is 1.50. The molecule has 1 rings (SSSR count). The second-order valence-electron chi connectivity index (χ2n) is 4.64. The van der Waals surface area contributed by atoms with Crippen LogP contribution < -0.4 is 0 Å². The minimum absolute atomic E-state index is 0.00119. The fraction of sp³-hybridized carbons (Fsp3) is 0.692. The molecular formula is C13H21NO5. The highest BCUT2D eigenvalue weighted by molar-refractivity contribution is 6.01. The second kappa shape index (κ2) is 7.25. The van der Waals surface area contributed by atoms with Crippen LogP contribution in [0.1, 0.15) is 26.7 Å². The van der Waals surface area contributed by atoms with Crippen molar-refractivity contribution in [2.24, 2.45) is 0 Å². The lowest BCUT2D eigenvalue weighted by molar-refractivity contribution is -0.134. The molecule has 6 nitrogen and oxygen atoms in total. The number of carboxylic acid groups (broad SMARTS) is 1. The number of carbonyl (C=O) groups is 2. The van der Waals surface area contributed by atoms with Crippen LogP contribution in [0.15, 0.2) is 11.1 Å². The normalized spacial score (nSPS) is 18.2. The summed E-state index contributed by atoms with van der Waals surface area (Å²) in [5.41, 5.74) is 0.367. The standard InChI is InChI=1S/C13H21NO5/c1-9(10(2)13(17)18)12(16)14-5-3-11(4-6-14)19-8-7-15/h11,15H,3-8H2,1-2H3,(H,17,18). The maximum Gasteiger partial charge on any atom is 0.331 e. The van der Waals surface area contributed by atoms with Crippen molar-refractivity contribution in [3.05, 3.63) is 11.1 Å². The van der Waals surface area contributed by atoms with Crippen molar-refractivity contribution < 1.29 is 24.5 Å². The minimum Gasteiger partial charge on any atom is -0.478 e. The Hall–Kier alpha value is -1.40. The number of carboxylic acids is 1. The number of ether oxygens (including phenoxy) is 1. The van der Waals surface area contributed by atoms with Gasteiger partial charge in [-0.2, -0.15) is 0 Å². The first-order chi connectivity index (χ1) is 8.97. The number of likely N-dealkylation sites (tertiary alicyclic amines) is 1. The van der Waals surface area contributed by atoms with Crippen LogP contribution in [0.2, 0.25) is 0 Å². The van der Waals surface area contributed by atoms with Crippen LogP contribution in [-0.4, -0.2) is 59.4 Å². The van der Waals surface area contributed by atoms with Crippen molar-refractivity contribution in [2.75, 3.05) is 26.3 Å². The van der Waals surface area contributed by atoms with E-state index in [9.17, 15) is 9.59 Å². The molecule has 1 saturated heterocycles. The lowest BCUT2D eigenvalue weighted by Crippen LogP contribution is -2.41. The number of hydrogen-bond acceptors (Lipinski definition) is 4. The van der Waals surface area contributed by atoms with Crippen molar-refractivity contribution in [1.29, 1.82) is 0 Å². The predicted molar refractivity (Wildman–Crippen MR) is 68.6 cm³/mol. The van der Waals surface area contributed by atoms with Gasteiger partial charge in [0.25, 0.3) is 0 Å². The molecule has 0 atom stereocenters. The molecule has 0 spiro atoms. The fourth-order valence-corrected chi connectivity index (χ4v) is 2.00. The molecule has 1 aliphatic rings. The van der Waals surface area contributed by atoms with Gasteiger partial charge in [0.1, 0.15) is 0 Å². The molecule has 0 aromatic carbocycles. The summed E-state index contributed by atoms with van der Waals surface area (Å²) in [5, 5.41) is 17.5. The fourth-order valence-electron chi connectivity index (χ4n) is 2.00. The predicted octanol–water partition coefficient (Wildman–Crippen LogP) is 0.407. The van der Waals surface area contributed by atoms with E-state index < -0.39 is 5.97 Å². The van der Waals surface area contributed by atoms with E-state index >= 15 is 0 Å². The van der Waals surface area contributed by atoms with Gasteiger partial charge >= 0.3 is 5.97 Å². The second-order valence-corrected chi connectivity index (χ2v) is 4.64. The van der Waals surface area contributed by atoms with Crippen LogP contribution in [-0.2, 0) is 14.3 Å². The van der Waals surface area contributed by atoms with E-state index in [1.165, 1.54) is 6.92 Å². The van der Waals surface area contributed by atoms with Gasteiger partial charge in [-0.15, -0.1) is 0 Å². The van der Waals surface area contributed by atoms with Crippen LogP contribution in [0.3, 0.4) is 0 Å². The number of hydrogen-bond donors (Lipinski definition) is 2. The SMILES string of the molecule is CC(C(=O)O)=C(C)C(=O)N1CCC(OCCO)CC1. The van der Waals surface area contributed by atoms with Gasteiger partial charge < -0.3 is 19.8 Å². The van der Waals surface area contributed by atoms with Gasteiger partial charge in [-0.3, -0.25) is 4.79 Å². The van der Waals surface area contributed by atoms with Crippen LogP contribution in [0, 0.1) is 0 Å². The molecule has 0 bridgehead atoms. The maximum atomic E-state index is 12.1. The number of amides is 1. The summed E-state index contributed by atoms with van der Waals surface area (Å²) >= 11 is 0. The monoisotopic (exact) mass is 271 g/mol. The highest BCUT2D eigenvalue weighted by Crippen LogP contribution is 2.17. The minimum atomic E-state index is -1.06. The van der Waals surface area contributed by atoms with Gasteiger partial charge in [0.15, 0.2) is 0 Å². The van der Waals surface area contributed by atoms with E-state index in [1.54, 1.807) is 11.8 Å². The number of aliphatic hydroxyl groups excluding tert-OH is 1. The Balaban J connectivity index is 2.54. The zero-order chi connectivity index (χ0) is 14.4. The van der Waals surface area contributed by atoms with Crippen LogP contribution in [0.25, 0.3) is 0 Å². The summed E-state index contributed by atoms with van der Waals surface area (Å²) in [6, 6.07) is 0. The summed E-state index contributed by atoms with van der Waals surface area (Å²) in [5.74, 6) is -1.28. The summed E-state index contributed by atoms with van der Waals surface area (Å²) in [4.78, 5) is 24.6. The zero-order valence-corrected chi connectivity index (χ0v) is 11.4. The summed E-state index contributed by atoms with van der Waals surface area (Å²) < 4.78 is 5.41. The van der Waals surface area contributed by atoms with Crippen LogP contribution in [0.4, 0.5) is 0 Å². The average molecular weight is 271 g/mol. The first-order valence-corrected chi connectivity index (χ1v) is 6.40. The van der Waals surface area contributed by atoms with Gasteiger partial charge in [0, 0.05) is 24.2 Å². The smallest absolute Gasteiger partial charge is 0.331 e. The Bertz CT molecular complexity index is 369. The molecule has 2 N–H and O–H groups in total. The highest BCUT2D eigenvalue weighted by atomic mass is 16.5. The zero-order valence-electron chi connectivity index (χ0n) is 11.4. The Kier molecular flexibility index (Phi) is 5.98. The molecule has 0 aliphatic carbocycles. The van der Waals surface area contributed by atoms with Crippen molar-refractivity contribution in [3.63, 3.8) is 0 Å². The van der Waals surface area contributed by atoms with Crippen molar-refractivity contribution in [3.8, 4) is 0 Å². The topological polar surface area (TPSA) is 87.1 Å². The first kappa shape index (κ1) is 15.7. The molecule has 0 aromatic heterocycles. The number of piperidine rings is 1. The molecule has 0 radical (unpaired) electrons. The molecular weight excluding hydrogens is 250 g/mol. The van der Waals surface area contributed by atoms with Gasteiger partial charge in [0.05, 0.1) is 19.3 Å². The Morgan fingerprint density at radius 1 is 1.21 bits per heavy atom. The van der Waals surface area contributed by atoms with Gasteiger partial charge in [-0.1, -0.05) is 0 Å². The molecule has 0 aromatic rings. The molecule has 0 saturated carbocycles. The maximum absolute atomic E-state index is 12.1. The third-order valence-corrected chi connectivity index (χ3v) is 3.38. The lowest BCUT2D eigenvalue weighted by atomic mass is 10.0. The summed E-state index contributed by atoms with van der Waals surface area (Å²) in [6.45, 7) is 4.40. The highest BCUT2D eigenvalue weighted by Gasteiger charge is 2.25. The quantitative estimate of drug-likeness (QED) is 0.707. The lowest BCUT2D eigenvalue weighted by Gasteiger charge is -2.32. The van der Waals surface area contributed by atoms with Gasteiger partial charge in [0.2, 0.25) is 5.91 Å². The number of nitrogens with zero attached hydrogens (tertiary/aromatic N) is 1. The molecule has 108 valence electrons. The largest absolute Gasteiger partial charge is 0.478 e. The van der Waals surface area contributed by atoms with Gasteiger partial charge in [-0.25, -0.2) is 4.79 Å². The van der Waals surface area contributed by atoms with Gasteiger partial charge in [-0.05, 0) is 26.7 Å². The van der Waals surface area contributed by atoms with Crippen molar-refractivity contribution in [2.45, 2.75) is 32.8 Å². The van der Waals surface area contributed by atoms with E-state index in [1.807, 2.05) is 0 Å². The summed E-state index contributed by atoms with van der Waals surface area (Å²) in [7, 11) is 0. The van der Waals surface area contributed by atoms with E-state index in [0.29, 0.717) is 32.5 Å². The number of aliphatic carboxylic acids is 1. The Morgan fingerprint density at radius 3 is 2.26 bits per heavy atom. The first-order valence-electron chi connectivity index (χ1n) is 6.40. The molecule has 1 fully saturated rings. The van der Waals surface area contributed by atoms with Crippen molar-refractivity contribution >= 4 is 11.9 Å². The third-order valence-electron chi connectivity index (χ3n) is 3.38. The van der Waals surface area contributed by atoms with E-state index in [2.05, 4.69) is 0 Å². The average Bonchev–Trinajstić information content (AvgIpc) is 2.43. The number of carbonyl (C=O) groups excluding carboxylic acids is 1. The third kappa shape index (κ3) is 4.33. The number of rotatable bonds is 5. The number of aliphatic hydroxyl groups is 1. The molecule has 0 unspecified atom stereocenters. The van der Waals surface area contributed by atoms with E-state index in [4.69, 9.17) is 14.9 Å².